The zero-order chi connectivity index (χ0) is 21.5. The summed E-state index contributed by atoms with van der Waals surface area (Å²) in [6.45, 7) is 0. The summed E-state index contributed by atoms with van der Waals surface area (Å²) in [4.78, 5) is 16.8. The first kappa shape index (κ1) is 21.8. The van der Waals surface area contributed by atoms with Crippen LogP contribution in [0, 0.1) is 3.95 Å². The highest BCUT2D eigenvalue weighted by atomic mass is 32.2. The van der Waals surface area contributed by atoms with Crippen molar-refractivity contribution in [1.82, 2.24) is 14.8 Å². The van der Waals surface area contributed by atoms with Crippen molar-refractivity contribution >= 4 is 58.7 Å². The molecule has 4 rings (SSSR count). The third kappa shape index (κ3) is 6.27. The lowest BCUT2D eigenvalue weighted by Gasteiger charge is -2.07. The van der Waals surface area contributed by atoms with Crippen LogP contribution in [0.1, 0.15) is 5.56 Å². The lowest BCUT2D eigenvalue weighted by molar-refractivity contribution is -0.113. The maximum absolute atomic E-state index is 12.4. The van der Waals surface area contributed by atoms with E-state index in [1.165, 1.54) is 23.1 Å². The Morgan fingerprint density at radius 3 is 2.68 bits per heavy atom. The van der Waals surface area contributed by atoms with Crippen molar-refractivity contribution < 1.29 is 4.79 Å². The highest BCUT2D eigenvalue weighted by molar-refractivity contribution is 8.01. The number of hydrogen-bond donors (Lipinski definition) is 1. The summed E-state index contributed by atoms with van der Waals surface area (Å²) < 4.78 is 3.15. The number of rotatable bonds is 8. The minimum Gasteiger partial charge on any atom is -0.325 e. The van der Waals surface area contributed by atoms with Crippen LogP contribution in [-0.4, -0.2) is 26.4 Å². The van der Waals surface area contributed by atoms with E-state index >= 15 is 0 Å². The van der Waals surface area contributed by atoms with E-state index in [0.717, 1.165) is 32.1 Å². The fraction of sp³-hybridized carbons (Fsp3) is 0.0909. The number of aromatic nitrogens is 3. The SMILES string of the molecule is O=C(CSc1nn(-c2ccccc2)c(=S)s1)Nc1cccc(CSc2ccccn2)c1. The molecule has 2 aromatic carbocycles. The number of thioether (sulfide) groups is 2. The second-order valence-corrected chi connectivity index (χ2v) is 10.2. The summed E-state index contributed by atoms with van der Waals surface area (Å²) in [6.07, 6.45) is 1.79. The van der Waals surface area contributed by atoms with E-state index in [0.29, 0.717) is 3.95 Å². The third-order valence-corrected chi connectivity index (χ3v) is 7.47. The molecular weight excluding hydrogens is 465 g/mol. The van der Waals surface area contributed by atoms with Gasteiger partial charge in [-0.1, -0.05) is 59.5 Å². The zero-order valence-electron chi connectivity index (χ0n) is 16.3. The van der Waals surface area contributed by atoms with Gasteiger partial charge in [0, 0.05) is 17.6 Å². The molecule has 0 spiro atoms. The molecule has 156 valence electrons. The van der Waals surface area contributed by atoms with Crippen LogP contribution in [0.2, 0.25) is 0 Å². The lowest BCUT2D eigenvalue weighted by atomic mass is 10.2. The Hall–Kier alpha value is -2.46. The Balaban J connectivity index is 1.32. The monoisotopic (exact) mass is 482 g/mol. The topological polar surface area (TPSA) is 59.8 Å². The maximum Gasteiger partial charge on any atom is 0.234 e. The van der Waals surface area contributed by atoms with Gasteiger partial charge in [0.2, 0.25) is 5.91 Å². The van der Waals surface area contributed by atoms with E-state index < -0.39 is 0 Å². The molecule has 2 aromatic heterocycles. The van der Waals surface area contributed by atoms with E-state index in [1.54, 1.807) is 22.6 Å². The summed E-state index contributed by atoms with van der Waals surface area (Å²) in [6, 6.07) is 23.5. The van der Waals surface area contributed by atoms with Crippen LogP contribution < -0.4 is 5.32 Å². The highest BCUT2D eigenvalue weighted by Crippen LogP contribution is 2.25. The van der Waals surface area contributed by atoms with Gasteiger partial charge in [0.1, 0.15) is 0 Å². The Labute approximate surface area is 197 Å². The minimum atomic E-state index is -0.0769. The molecule has 0 aliphatic heterocycles. The number of para-hydroxylation sites is 1. The van der Waals surface area contributed by atoms with Gasteiger partial charge in [-0.25, -0.2) is 9.67 Å². The van der Waals surface area contributed by atoms with E-state index in [2.05, 4.69) is 15.4 Å². The van der Waals surface area contributed by atoms with Crippen LogP contribution in [0.25, 0.3) is 5.69 Å². The van der Waals surface area contributed by atoms with Crippen molar-refractivity contribution in [3.8, 4) is 5.69 Å². The summed E-state index contributed by atoms with van der Waals surface area (Å²) in [7, 11) is 0. The first-order valence-corrected chi connectivity index (χ1v) is 12.6. The van der Waals surface area contributed by atoms with Crippen molar-refractivity contribution in [2.24, 2.45) is 0 Å². The Morgan fingerprint density at radius 2 is 1.87 bits per heavy atom. The fourth-order valence-electron chi connectivity index (χ4n) is 2.70. The number of pyridine rings is 1. The average molecular weight is 483 g/mol. The van der Waals surface area contributed by atoms with Gasteiger partial charge >= 0.3 is 0 Å². The molecule has 1 N–H and O–H groups in total. The molecule has 0 unspecified atom stereocenters. The van der Waals surface area contributed by atoms with Crippen LogP contribution in [0.4, 0.5) is 5.69 Å². The number of nitrogens with zero attached hydrogens (tertiary/aromatic N) is 3. The molecule has 5 nitrogen and oxygen atoms in total. The molecule has 4 aromatic rings. The van der Waals surface area contributed by atoms with Gasteiger partial charge in [0.05, 0.1) is 16.5 Å². The normalized spacial score (nSPS) is 10.7. The van der Waals surface area contributed by atoms with Gasteiger partial charge in [-0.05, 0) is 54.2 Å². The summed E-state index contributed by atoms with van der Waals surface area (Å²) in [5, 5.41) is 8.47. The zero-order valence-corrected chi connectivity index (χ0v) is 19.6. The van der Waals surface area contributed by atoms with Crippen molar-refractivity contribution in [2.75, 3.05) is 11.1 Å². The predicted octanol–water partition coefficient (Wildman–Crippen LogP) is 6.08. The summed E-state index contributed by atoms with van der Waals surface area (Å²) in [5.74, 6) is 0.978. The molecule has 0 radical (unpaired) electrons. The predicted molar refractivity (Wildman–Crippen MR) is 132 cm³/mol. The highest BCUT2D eigenvalue weighted by Gasteiger charge is 2.10. The second kappa shape index (κ2) is 10.7. The van der Waals surface area contributed by atoms with Gasteiger partial charge in [-0.15, -0.1) is 16.9 Å². The largest absolute Gasteiger partial charge is 0.325 e. The molecule has 9 heteroatoms. The number of amides is 1. The van der Waals surface area contributed by atoms with E-state index in [1.807, 2.05) is 72.8 Å². The van der Waals surface area contributed by atoms with Crippen molar-refractivity contribution in [2.45, 2.75) is 15.1 Å². The van der Waals surface area contributed by atoms with E-state index in [-0.39, 0.29) is 11.7 Å². The smallest absolute Gasteiger partial charge is 0.234 e. The van der Waals surface area contributed by atoms with Crippen LogP contribution in [-0.2, 0) is 10.5 Å². The lowest BCUT2D eigenvalue weighted by Crippen LogP contribution is -2.14. The molecule has 0 saturated heterocycles. The van der Waals surface area contributed by atoms with Crippen LogP contribution >= 0.6 is 47.1 Å². The summed E-state index contributed by atoms with van der Waals surface area (Å²) >= 11 is 9.87. The number of carbonyl (C=O) groups is 1. The van der Waals surface area contributed by atoms with Crippen molar-refractivity contribution in [1.29, 1.82) is 0 Å². The van der Waals surface area contributed by atoms with E-state index in [4.69, 9.17) is 12.2 Å². The summed E-state index contributed by atoms with van der Waals surface area (Å²) in [5.41, 5.74) is 2.83. The molecule has 2 heterocycles. The number of carbonyl (C=O) groups excluding carboxylic acids is 1. The Kier molecular flexibility index (Phi) is 7.52. The number of hydrogen-bond acceptors (Lipinski definition) is 7. The fourth-order valence-corrected chi connectivity index (χ4v) is 5.67. The quantitative estimate of drug-likeness (QED) is 0.243. The molecule has 1 amide bonds. The Morgan fingerprint density at radius 1 is 1.03 bits per heavy atom. The van der Waals surface area contributed by atoms with Crippen LogP contribution in [0.15, 0.2) is 88.4 Å². The second-order valence-electron chi connectivity index (χ2n) is 6.38. The first-order valence-electron chi connectivity index (χ1n) is 9.38. The van der Waals surface area contributed by atoms with Crippen LogP contribution in [0.5, 0.6) is 0 Å². The van der Waals surface area contributed by atoms with Crippen molar-refractivity contribution in [3.63, 3.8) is 0 Å². The number of nitrogens with one attached hydrogen (secondary N) is 1. The van der Waals surface area contributed by atoms with Gasteiger partial charge < -0.3 is 5.32 Å². The molecular formula is C22H18N4OS4. The van der Waals surface area contributed by atoms with Crippen LogP contribution in [0.3, 0.4) is 0 Å². The van der Waals surface area contributed by atoms with Gasteiger partial charge in [0.15, 0.2) is 8.29 Å². The van der Waals surface area contributed by atoms with E-state index in [9.17, 15) is 4.79 Å². The molecule has 0 aliphatic rings. The molecule has 0 bridgehead atoms. The molecule has 0 saturated carbocycles. The van der Waals surface area contributed by atoms with Gasteiger partial charge in [-0.3, -0.25) is 4.79 Å². The first-order chi connectivity index (χ1) is 15.2. The minimum absolute atomic E-state index is 0.0769. The standard InChI is InChI=1S/C22H18N4OS4/c27-19(15-30-21-25-26(22(28)31-21)18-9-2-1-3-10-18)24-17-8-6-7-16(13-17)14-29-20-11-4-5-12-23-20/h1-13H,14-15H2,(H,24,27). The Bertz CT molecular complexity index is 1210. The molecule has 0 atom stereocenters. The molecule has 0 fully saturated rings. The van der Waals surface area contributed by atoms with Crippen molar-refractivity contribution in [3.05, 3.63) is 88.5 Å². The third-order valence-electron chi connectivity index (χ3n) is 4.09. The van der Waals surface area contributed by atoms with Gasteiger partial charge in [-0.2, -0.15) is 0 Å². The van der Waals surface area contributed by atoms with Gasteiger partial charge in [0.25, 0.3) is 0 Å². The molecule has 0 aliphatic carbocycles. The number of anilines is 1. The maximum atomic E-state index is 12.4. The number of benzene rings is 2. The molecule has 31 heavy (non-hydrogen) atoms. The average Bonchev–Trinajstić information content (AvgIpc) is 3.18.